The largest absolute Gasteiger partial charge is 0.455 e. The van der Waals surface area contributed by atoms with E-state index in [1.165, 1.54) is 59.1 Å². The Bertz CT molecular complexity index is 2050. The fourth-order valence-electron chi connectivity index (χ4n) is 6.93. The highest BCUT2D eigenvalue weighted by Crippen LogP contribution is 2.40. The molecule has 0 aliphatic heterocycles. The number of nitrogens with zero attached hydrogens (tertiary/aromatic N) is 1. The van der Waals surface area contributed by atoms with Crippen molar-refractivity contribution in [1.29, 1.82) is 0 Å². The molecular weight excluding hydrogens is 522 g/mol. The summed E-state index contributed by atoms with van der Waals surface area (Å²) in [4.78, 5) is 4.79. The van der Waals surface area contributed by atoms with Crippen LogP contribution in [0, 0.1) is 5.92 Å². The van der Waals surface area contributed by atoms with Crippen LogP contribution in [0.15, 0.2) is 138 Å². The number of para-hydroxylation sites is 1. The Kier molecular flexibility index (Phi) is 6.61. The molecule has 2 nitrogen and oxygen atoms in total. The van der Waals surface area contributed by atoms with Gasteiger partial charge in [0.2, 0.25) is 0 Å². The summed E-state index contributed by atoms with van der Waals surface area (Å²) in [5.41, 5.74) is 12.4. The minimum Gasteiger partial charge on any atom is -0.455 e. The highest BCUT2D eigenvalue weighted by molar-refractivity contribution is 6.10. The van der Waals surface area contributed by atoms with Crippen molar-refractivity contribution >= 4 is 21.9 Å². The Hall–Kier alpha value is -4.95. The Morgan fingerprint density at radius 3 is 2.14 bits per heavy atom. The quantitative estimate of drug-likeness (QED) is 0.204. The monoisotopic (exact) mass is 555 g/mol. The average Bonchev–Trinajstić information content (AvgIpc) is 3.73. The van der Waals surface area contributed by atoms with E-state index in [-0.39, 0.29) is 0 Å². The van der Waals surface area contributed by atoms with E-state index < -0.39 is 0 Å². The first-order chi connectivity index (χ1) is 21.3. The lowest BCUT2D eigenvalue weighted by Crippen LogP contribution is -1.99. The smallest absolute Gasteiger partial charge is 0.144 e. The molecule has 0 unspecified atom stereocenters. The maximum Gasteiger partial charge on any atom is 0.144 e. The maximum absolute atomic E-state index is 6.67. The van der Waals surface area contributed by atoms with Crippen LogP contribution in [0.4, 0.5) is 0 Å². The van der Waals surface area contributed by atoms with Gasteiger partial charge in [-0.2, -0.15) is 0 Å². The van der Waals surface area contributed by atoms with Gasteiger partial charge in [-0.3, -0.25) is 4.98 Å². The van der Waals surface area contributed by atoms with Gasteiger partial charge < -0.3 is 4.42 Å². The van der Waals surface area contributed by atoms with Crippen LogP contribution in [-0.2, 0) is 6.42 Å². The Labute approximate surface area is 252 Å². The van der Waals surface area contributed by atoms with E-state index in [0.29, 0.717) is 0 Å². The van der Waals surface area contributed by atoms with Gasteiger partial charge in [0.1, 0.15) is 11.2 Å². The molecule has 1 aliphatic carbocycles. The number of hydrogen-bond donors (Lipinski definition) is 0. The van der Waals surface area contributed by atoms with Crippen molar-refractivity contribution in [2.45, 2.75) is 32.1 Å². The number of rotatable bonds is 6. The lowest BCUT2D eigenvalue weighted by atomic mass is 9.91. The van der Waals surface area contributed by atoms with Gasteiger partial charge in [0, 0.05) is 22.5 Å². The molecule has 2 aromatic heterocycles. The van der Waals surface area contributed by atoms with Crippen LogP contribution in [0.1, 0.15) is 31.2 Å². The zero-order valence-electron chi connectivity index (χ0n) is 24.2. The van der Waals surface area contributed by atoms with Gasteiger partial charge in [0.25, 0.3) is 0 Å². The molecule has 0 radical (unpaired) electrons. The highest BCUT2D eigenvalue weighted by Gasteiger charge is 2.18. The minimum absolute atomic E-state index is 0.804. The van der Waals surface area contributed by atoms with Crippen molar-refractivity contribution in [2.75, 3.05) is 0 Å². The molecule has 2 heterocycles. The molecule has 43 heavy (non-hydrogen) atoms. The van der Waals surface area contributed by atoms with E-state index in [9.17, 15) is 0 Å². The summed E-state index contributed by atoms with van der Waals surface area (Å²) < 4.78 is 6.67. The van der Waals surface area contributed by atoms with Gasteiger partial charge in [0.05, 0.1) is 5.69 Å². The molecule has 0 bridgehead atoms. The molecule has 5 aromatic carbocycles. The summed E-state index contributed by atoms with van der Waals surface area (Å²) in [6, 6.07) is 45.6. The number of aromatic nitrogens is 1. The normalized spacial score (nSPS) is 13.7. The summed E-state index contributed by atoms with van der Waals surface area (Å²) in [7, 11) is 0. The molecule has 8 rings (SSSR count). The van der Waals surface area contributed by atoms with Crippen molar-refractivity contribution in [3.8, 4) is 44.6 Å². The van der Waals surface area contributed by atoms with Gasteiger partial charge >= 0.3 is 0 Å². The van der Waals surface area contributed by atoms with Crippen LogP contribution in [0.5, 0.6) is 0 Å². The first-order valence-corrected chi connectivity index (χ1v) is 15.5. The van der Waals surface area contributed by atoms with Crippen molar-refractivity contribution in [3.63, 3.8) is 0 Å². The Morgan fingerprint density at radius 2 is 1.33 bits per heavy atom. The topological polar surface area (TPSA) is 26.0 Å². The van der Waals surface area contributed by atoms with Gasteiger partial charge in [0.15, 0.2) is 0 Å². The van der Waals surface area contributed by atoms with Crippen LogP contribution >= 0.6 is 0 Å². The van der Waals surface area contributed by atoms with Crippen LogP contribution in [0.25, 0.3) is 66.6 Å². The summed E-state index contributed by atoms with van der Waals surface area (Å²) in [5.74, 6) is 0.804. The predicted molar refractivity (Wildman–Crippen MR) is 179 cm³/mol. The van der Waals surface area contributed by atoms with E-state index in [4.69, 9.17) is 9.40 Å². The third kappa shape index (κ3) is 4.93. The number of pyridine rings is 1. The third-order valence-corrected chi connectivity index (χ3v) is 9.12. The zero-order chi connectivity index (χ0) is 28.6. The lowest BCUT2D eigenvalue weighted by molar-refractivity contribution is 0.546. The van der Waals surface area contributed by atoms with E-state index >= 15 is 0 Å². The van der Waals surface area contributed by atoms with Crippen molar-refractivity contribution in [3.05, 3.63) is 139 Å². The molecule has 208 valence electrons. The molecular formula is C41H33NO. The van der Waals surface area contributed by atoms with E-state index in [2.05, 4.69) is 127 Å². The van der Waals surface area contributed by atoms with Gasteiger partial charge in [-0.1, -0.05) is 117 Å². The number of furan rings is 1. The van der Waals surface area contributed by atoms with Crippen LogP contribution in [0.2, 0.25) is 0 Å². The SMILES string of the molecule is c1ccc(-c2ccc(-c3ccc4c(c3)oc3c(-c5cc(CC6CCCC6)ccn5)cccc34)c(-c3ccccc3)c2)cc1. The third-order valence-electron chi connectivity index (χ3n) is 9.12. The fraction of sp³-hybridized carbons (Fsp3) is 0.146. The van der Waals surface area contributed by atoms with Crippen molar-refractivity contribution < 1.29 is 4.42 Å². The van der Waals surface area contributed by atoms with Crippen LogP contribution in [0.3, 0.4) is 0 Å². The number of fused-ring (bicyclic) bond motifs is 3. The van der Waals surface area contributed by atoms with Crippen molar-refractivity contribution in [1.82, 2.24) is 4.98 Å². The van der Waals surface area contributed by atoms with Crippen LogP contribution < -0.4 is 0 Å². The molecule has 1 fully saturated rings. The number of benzene rings is 5. The lowest BCUT2D eigenvalue weighted by Gasteiger charge is -2.13. The van der Waals surface area contributed by atoms with E-state index in [1.54, 1.807) is 0 Å². The van der Waals surface area contributed by atoms with E-state index in [1.807, 2.05) is 6.20 Å². The Morgan fingerprint density at radius 1 is 0.558 bits per heavy atom. The molecule has 2 heteroatoms. The highest BCUT2D eigenvalue weighted by atomic mass is 16.3. The molecule has 1 saturated carbocycles. The average molecular weight is 556 g/mol. The maximum atomic E-state index is 6.67. The van der Waals surface area contributed by atoms with Gasteiger partial charge in [-0.25, -0.2) is 0 Å². The molecule has 1 aliphatic rings. The molecule has 0 atom stereocenters. The first kappa shape index (κ1) is 25.7. The Balaban J connectivity index is 1.22. The van der Waals surface area contributed by atoms with E-state index in [0.717, 1.165) is 51.1 Å². The first-order valence-electron chi connectivity index (χ1n) is 15.5. The van der Waals surface area contributed by atoms with Gasteiger partial charge in [-0.05, 0) is 87.7 Å². The van der Waals surface area contributed by atoms with Crippen LogP contribution in [-0.4, -0.2) is 4.98 Å². The zero-order valence-corrected chi connectivity index (χ0v) is 24.2. The van der Waals surface area contributed by atoms with Gasteiger partial charge in [-0.15, -0.1) is 0 Å². The second-order valence-corrected chi connectivity index (χ2v) is 11.9. The summed E-state index contributed by atoms with van der Waals surface area (Å²) >= 11 is 0. The molecule has 0 spiro atoms. The molecule has 0 saturated heterocycles. The summed E-state index contributed by atoms with van der Waals surface area (Å²) in [6.45, 7) is 0. The number of hydrogen-bond acceptors (Lipinski definition) is 2. The summed E-state index contributed by atoms with van der Waals surface area (Å²) in [6.07, 6.45) is 8.53. The predicted octanol–water partition coefficient (Wildman–Crippen LogP) is 11.4. The standard InChI is InChI=1S/C41H33NO/c1-3-12-30(13-4-1)32-18-20-34(38(26-32)31-14-5-2-6-15-31)33-19-21-35-36-16-9-17-37(41(36)43-40(35)27-33)39-25-29(22-23-42-39)24-28-10-7-8-11-28/h1-6,9,12-23,25-28H,7-8,10-11,24H2. The minimum atomic E-state index is 0.804. The second kappa shape index (κ2) is 11.0. The van der Waals surface area contributed by atoms with Crippen molar-refractivity contribution in [2.24, 2.45) is 5.92 Å². The fourth-order valence-corrected chi connectivity index (χ4v) is 6.93. The molecule has 7 aromatic rings. The molecule has 0 amide bonds. The second-order valence-electron chi connectivity index (χ2n) is 11.9. The summed E-state index contributed by atoms with van der Waals surface area (Å²) in [5, 5.41) is 2.26. The molecule has 0 N–H and O–H groups in total.